The summed E-state index contributed by atoms with van der Waals surface area (Å²) in [6.07, 6.45) is 2.72. The van der Waals surface area contributed by atoms with Gasteiger partial charge in [0.2, 0.25) is 0 Å². The lowest BCUT2D eigenvalue weighted by atomic mass is 9.66. The Morgan fingerprint density at radius 1 is 1.23 bits per heavy atom. The van der Waals surface area contributed by atoms with Crippen LogP contribution in [0, 0.1) is 11.2 Å². The maximum Gasteiger partial charge on any atom is 0.262 e. The highest BCUT2D eigenvalue weighted by Crippen LogP contribution is 2.53. The third kappa shape index (κ3) is 2.06. The fraction of sp³-hybridized carbons (Fsp3) is 0.316. The van der Waals surface area contributed by atoms with Crippen LogP contribution in [0.1, 0.15) is 19.4 Å². The van der Waals surface area contributed by atoms with Crippen LogP contribution in [-0.4, -0.2) is 35.4 Å². The van der Waals surface area contributed by atoms with E-state index in [1.165, 1.54) is 11.0 Å². The first-order chi connectivity index (χ1) is 12.3. The number of halogens is 1. The standard InChI is InChI=1S/C19H19FN4O2/c1-18(2)10-26-15-5-4-11(12-6-13(20)9-22-8-12)7-14(15)19(18)16(25)24(3)17(21)23-19/h4-9H,10H2,1-3H3,(H2,21,23). The molecule has 1 amide bonds. The minimum atomic E-state index is -1.17. The number of fused-ring (bicyclic) bond motifs is 2. The highest BCUT2D eigenvalue weighted by molar-refractivity contribution is 6.08. The maximum atomic E-state index is 13.6. The Kier molecular flexibility index (Phi) is 3.34. The molecule has 0 saturated carbocycles. The number of guanidine groups is 1. The summed E-state index contributed by atoms with van der Waals surface area (Å²) in [5.74, 6) is 0.135. The third-order valence-electron chi connectivity index (χ3n) is 5.22. The molecule has 0 fully saturated rings. The summed E-state index contributed by atoms with van der Waals surface area (Å²) in [6, 6.07) is 6.82. The normalized spacial score (nSPS) is 23.6. The summed E-state index contributed by atoms with van der Waals surface area (Å²) < 4.78 is 19.5. The second-order valence-electron chi connectivity index (χ2n) is 7.32. The van der Waals surface area contributed by atoms with Crippen molar-refractivity contribution in [2.24, 2.45) is 16.1 Å². The number of benzene rings is 1. The fourth-order valence-electron chi connectivity index (χ4n) is 3.67. The van der Waals surface area contributed by atoms with E-state index in [4.69, 9.17) is 10.5 Å². The van der Waals surface area contributed by atoms with Crippen LogP contribution < -0.4 is 10.5 Å². The molecular formula is C19H19FN4O2. The van der Waals surface area contributed by atoms with E-state index >= 15 is 0 Å². The molecule has 0 radical (unpaired) electrons. The third-order valence-corrected chi connectivity index (χ3v) is 5.22. The molecule has 3 heterocycles. The summed E-state index contributed by atoms with van der Waals surface area (Å²) in [5, 5.41) is 0. The van der Waals surface area contributed by atoms with E-state index in [-0.39, 0.29) is 11.9 Å². The molecule has 2 aliphatic rings. The molecule has 1 atom stereocenters. The van der Waals surface area contributed by atoms with Gasteiger partial charge in [-0.15, -0.1) is 0 Å². The van der Waals surface area contributed by atoms with Gasteiger partial charge in [0.25, 0.3) is 5.91 Å². The lowest BCUT2D eigenvalue weighted by Crippen LogP contribution is -2.53. The topological polar surface area (TPSA) is 80.8 Å². The van der Waals surface area contributed by atoms with Gasteiger partial charge in [0.05, 0.1) is 12.8 Å². The van der Waals surface area contributed by atoms with Crippen LogP contribution in [0.2, 0.25) is 0 Å². The first kappa shape index (κ1) is 16.5. The molecule has 6 nitrogen and oxygen atoms in total. The Balaban J connectivity index is 1.96. The smallest absolute Gasteiger partial charge is 0.262 e. The van der Waals surface area contributed by atoms with Crippen molar-refractivity contribution < 1.29 is 13.9 Å². The molecule has 0 bridgehead atoms. The fourth-order valence-corrected chi connectivity index (χ4v) is 3.67. The first-order valence-electron chi connectivity index (χ1n) is 8.28. The maximum absolute atomic E-state index is 13.6. The predicted molar refractivity (Wildman–Crippen MR) is 95.0 cm³/mol. The Hall–Kier alpha value is -2.96. The zero-order chi connectivity index (χ0) is 18.7. The van der Waals surface area contributed by atoms with Crippen LogP contribution in [0.25, 0.3) is 11.1 Å². The number of hydrogen-bond acceptors (Lipinski definition) is 5. The van der Waals surface area contributed by atoms with Crippen molar-refractivity contribution in [2.45, 2.75) is 19.4 Å². The van der Waals surface area contributed by atoms with Gasteiger partial charge in [-0.2, -0.15) is 0 Å². The molecule has 1 spiro atoms. The summed E-state index contributed by atoms with van der Waals surface area (Å²) in [4.78, 5) is 23.0. The number of aliphatic imine (C=N–C) groups is 1. The van der Waals surface area contributed by atoms with Gasteiger partial charge in [-0.1, -0.05) is 19.9 Å². The average molecular weight is 354 g/mol. The quantitative estimate of drug-likeness (QED) is 0.852. The van der Waals surface area contributed by atoms with Crippen LogP contribution in [0.5, 0.6) is 5.75 Å². The second kappa shape index (κ2) is 5.27. The number of hydrogen-bond donors (Lipinski definition) is 1. The predicted octanol–water partition coefficient (Wildman–Crippen LogP) is 2.29. The number of nitrogens with zero attached hydrogens (tertiary/aromatic N) is 3. The van der Waals surface area contributed by atoms with Gasteiger partial charge in [0.1, 0.15) is 11.6 Å². The first-order valence-corrected chi connectivity index (χ1v) is 8.28. The molecule has 2 N–H and O–H groups in total. The van der Waals surface area contributed by atoms with Gasteiger partial charge in [-0.3, -0.25) is 14.7 Å². The van der Waals surface area contributed by atoms with E-state index < -0.39 is 16.8 Å². The Bertz CT molecular complexity index is 956. The minimum Gasteiger partial charge on any atom is -0.493 e. The van der Waals surface area contributed by atoms with Crippen LogP contribution >= 0.6 is 0 Å². The van der Waals surface area contributed by atoms with Crippen LogP contribution in [0.4, 0.5) is 4.39 Å². The van der Waals surface area contributed by atoms with Crippen molar-refractivity contribution in [2.75, 3.05) is 13.7 Å². The van der Waals surface area contributed by atoms with E-state index in [0.717, 1.165) is 11.8 Å². The monoisotopic (exact) mass is 354 g/mol. The molecule has 0 saturated heterocycles. The van der Waals surface area contributed by atoms with E-state index in [9.17, 15) is 9.18 Å². The summed E-state index contributed by atoms with van der Waals surface area (Å²) in [7, 11) is 1.61. The zero-order valence-electron chi connectivity index (χ0n) is 14.8. The molecular weight excluding hydrogens is 335 g/mol. The van der Waals surface area contributed by atoms with Crippen molar-refractivity contribution in [1.82, 2.24) is 9.88 Å². The van der Waals surface area contributed by atoms with Gasteiger partial charge in [-0.25, -0.2) is 9.38 Å². The number of rotatable bonds is 1. The van der Waals surface area contributed by atoms with E-state index in [0.29, 0.717) is 23.5 Å². The number of amides is 1. The molecule has 4 rings (SSSR count). The number of nitrogens with two attached hydrogens (primary N) is 1. The number of aromatic nitrogens is 1. The van der Waals surface area contributed by atoms with E-state index in [1.807, 2.05) is 26.0 Å². The van der Waals surface area contributed by atoms with Crippen LogP contribution in [0.3, 0.4) is 0 Å². The Morgan fingerprint density at radius 3 is 2.65 bits per heavy atom. The van der Waals surface area contributed by atoms with E-state index in [2.05, 4.69) is 9.98 Å². The molecule has 7 heteroatoms. The SMILES string of the molecule is CN1C(=O)C2(N=C1N)c1cc(-c3cncc(F)c3)ccc1OCC2(C)C. The molecule has 1 aromatic carbocycles. The number of likely N-dealkylation sites (N-methyl/N-ethyl adjacent to an activating group) is 1. The van der Waals surface area contributed by atoms with Gasteiger partial charge < -0.3 is 10.5 Å². The second-order valence-corrected chi connectivity index (χ2v) is 7.32. The Labute approximate surface area is 150 Å². The zero-order valence-corrected chi connectivity index (χ0v) is 14.8. The van der Waals surface area contributed by atoms with Crippen molar-refractivity contribution in [1.29, 1.82) is 0 Å². The molecule has 1 unspecified atom stereocenters. The van der Waals surface area contributed by atoms with Crippen molar-refractivity contribution in [3.8, 4) is 16.9 Å². The number of carbonyl (C=O) groups is 1. The Morgan fingerprint density at radius 2 is 2.00 bits per heavy atom. The van der Waals surface area contributed by atoms with Crippen molar-refractivity contribution in [3.63, 3.8) is 0 Å². The molecule has 2 aliphatic heterocycles. The van der Waals surface area contributed by atoms with Gasteiger partial charge in [-0.05, 0) is 23.8 Å². The highest BCUT2D eigenvalue weighted by Gasteiger charge is 2.61. The van der Waals surface area contributed by atoms with Crippen LogP contribution in [-0.2, 0) is 10.3 Å². The lowest BCUT2D eigenvalue weighted by molar-refractivity contribution is -0.137. The molecule has 134 valence electrons. The van der Waals surface area contributed by atoms with Crippen molar-refractivity contribution in [3.05, 3.63) is 48.0 Å². The highest BCUT2D eigenvalue weighted by atomic mass is 19.1. The largest absolute Gasteiger partial charge is 0.493 e. The van der Waals surface area contributed by atoms with E-state index in [1.54, 1.807) is 19.3 Å². The van der Waals surface area contributed by atoms with Gasteiger partial charge in [0, 0.05) is 29.8 Å². The molecule has 0 aliphatic carbocycles. The number of pyridine rings is 1. The van der Waals surface area contributed by atoms with Gasteiger partial charge >= 0.3 is 0 Å². The number of ether oxygens (including phenoxy) is 1. The minimum absolute atomic E-state index is 0.175. The molecule has 1 aromatic heterocycles. The van der Waals surface area contributed by atoms with Crippen molar-refractivity contribution >= 4 is 11.9 Å². The summed E-state index contributed by atoms with van der Waals surface area (Å²) in [5.41, 5.74) is 6.17. The number of carbonyl (C=O) groups excluding carboxylic acids is 1. The van der Waals surface area contributed by atoms with Gasteiger partial charge in [0.15, 0.2) is 11.5 Å². The lowest BCUT2D eigenvalue weighted by Gasteiger charge is -2.44. The average Bonchev–Trinajstić information content (AvgIpc) is 2.84. The van der Waals surface area contributed by atoms with Crippen LogP contribution in [0.15, 0.2) is 41.7 Å². The summed E-state index contributed by atoms with van der Waals surface area (Å²) >= 11 is 0. The summed E-state index contributed by atoms with van der Waals surface area (Å²) in [6.45, 7) is 4.19. The molecule has 2 aromatic rings. The molecule has 26 heavy (non-hydrogen) atoms.